The van der Waals surface area contributed by atoms with Crippen molar-refractivity contribution >= 4 is 40.9 Å². The van der Waals surface area contributed by atoms with Gasteiger partial charge in [0, 0.05) is 16.3 Å². The van der Waals surface area contributed by atoms with Crippen LogP contribution in [0.5, 0.6) is 11.5 Å². The van der Waals surface area contributed by atoms with Crippen LogP contribution in [0.25, 0.3) is 0 Å². The second-order valence-corrected chi connectivity index (χ2v) is 8.98. The molecule has 1 atom stereocenters. The second-order valence-electron chi connectivity index (χ2n) is 7.56. The van der Waals surface area contributed by atoms with E-state index in [1.54, 1.807) is 68.4 Å². The summed E-state index contributed by atoms with van der Waals surface area (Å²) in [6.07, 6.45) is 0. The van der Waals surface area contributed by atoms with E-state index in [1.165, 1.54) is 26.0 Å². The lowest BCUT2D eigenvalue weighted by Crippen LogP contribution is -2.22. The Bertz CT molecular complexity index is 1190. The number of hydrogen-bond acceptors (Lipinski definition) is 7. The van der Waals surface area contributed by atoms with E-state index in [9.17, 15) is 14.4 Å². The van der Waals surface area contributed by atoms with Gasteiger partial charge in [0.15, 0.2) is 0 Å². The fourth-order valence-corrected chi connectivity index (χ4v) is 4.16. The van der Waals surface area contributed by atoms with Crippen LogP contribution >= 0.6 is 11.8 Å². The second kappa shape index (κ2) is 12.6. The summed E-state index contributed by atoms with van der Waals surface area (Å²) in [6, 6.07) is 18.9. The molecule has 0 heterocycles. The van der Waals surface area contributed by atoms with Gasteiger partial charge in [0.05, 0.1) is 31.6 Å². The molecule has 0 aliphatic carbocycles. The molecule has 3 aromatic rings. The van der Waals surface area contributed by atoms with Crippen LogP contribution in [0, 0.1) is 0 Å². The average molecular weight is 509 g/mol. The Morgan fingerprint density at radius 1 is 0.833 bits per heavy atom. The number of ether oxygens (including phenoxy) is 3. The molecule has 0 spiro atoms. The third kappa shape index (κ3) is 6.79. The van der Waals surface area contributed by atoms with Crippen LogP contribution in [0.1, 0.15) is 34.6 Å². The van der Waals surface area contributed by atoms with E-state index >= 15 is 0 Å². The quantitative estimate of drug-likeness (QED) is 0.285. The lowest BCUT2D eigenvalue weighted by molar-refractivity contribution is -0.115. The molecule has 36 heavy (non-hydrogen) atoms. The summed E-state index contributed by atoms with van der Waals surface area (Å²) in [6.45, 7) is 3.85. The van der Waals surface area contributed by atoms with Gasteiger partial charge in [-0.3, -0.25) is 9.59 Å². The molecule has 3 rings (SSSR count). The van der Waals surface area contributed by atoms with Crippen molar-refractivity contribution in [3.8, 4) is 11.5 Å². The third-order valence-corrected chi connectivity index (χ3v) is 6.22. The summed E-state index contributed by atoms with van der Waals surface area (Å²) in [5, 5.41) is 5.31. The first-order valence-corrected chi connectivity index (χ1v) is 12.1. The largest absolute Gasteiger partial charge is 0.496 e. The molecule has 1 unspecified atom stereocenters. The van der Waals surface area contributed by atoms with E-state index in [1.807, 2.05) is 12.1 Å². The van der Waals surface area contributed by atoms with Crippen molar-refractivity contribution in [2.75, 3.05) is 31.5 Å². The van der Waals surface area contributed by atoms with E-state index in [0.717, 1.165) is 4.90 Å². The number of anilines is 2. The molecule has 0 radical (unpaired) electrons. The Hall–Kier alpha value is -3.98. The van der Waals surface area contributed by atoms with Crippen LogP contribution in [0.2, 0.25) is 0 Å². The fraction of sp³-hybridized carbons (Fsp3) is 0.222. The predicted octanol–water partition coefficient (Wildman–Crippen LogP) is 5.25. The van der Waals surface area contributed by atoms with Gasteiger partial charge in [-0.15, -0.1) is 11.8 Å². The van der Waals surface area contributed by atoms with Gasteiger partial charge in [-0.25, -0.2) is 4.79 Å². The number of benzene rings is 3. The summed E-state index contributed by atoms with van der Waals surface area (Å²) in [5.41, 5.74) is 1.91. The minimum absolute atomic E-state index is 0.176. The summed E-state index contributed by atoms with van der Waals surface area (Å²) in [7, 11) is 2.99. The van der Waals surface area contributed by atoms with Crippen LogP contribution in [0.4, 0.5) is 11.4 Å². The molecule has 188 valence electrons. The maximum absolute atomic E-state index is 12.8. The van der Waals surface area contributed by atoms with Crippen LogP contribution in [-0.2, 0) is 9.53 Å². The van der Waals surface area contributed by atoms with E-state index in [0.29, 0.717) is 40.6 Å². The Morgan fingerprint density at radius 3 is 1.94 bits per heavy atom. The molecule has 2 amide bonds. The number of carbonyl (C=O) groups is 3. The standard InChI is InChI=1S/C27H28N2O6S/c1-5-35-27(32)18-9-11-19(12-10-18)28-25(30)17(2)36-21-15-13-20(14-16-21)29-26(31)24-22(33-3)7-6-8-23(24)34-4/h6-17H,5H2,1-4H3,(H,28,30)(H,29,31). The molecular weight excluding hydrogens is 480 g/mol. The van der Waals surface area contributed by atoms with E-state index in [-0.39, 0.29) is 17.1 Å². The van der Waals surface area contributed by atoms with Gasteiger partial charge in [0.1, 0.15) is 17.1 Å². The summed E-state index contributed by atoms with van der Waals surface area (Å²) in [4.78, 5) is 38.1. The maximum Gasteiger partial charge on any atom is 0.338 e. The zero-order valence-electron chi connectivity index (χ0n) is 20.5. The molecule has 3 aromatic carbocycles. The summed E-state index contributed by atoms with van der Waals surface area (Å²) >= 11 is 1.38. The highest BCUT2D eigenvalue weighted by atomic mass is 32.2. The molecule has 2 N–H and O–H groups in total. The van der Waals surface area contributed by atoms with E-state index in [4.69, 9.17) is 14.2 Å². The lowest BCUT2D eigenvalue weighted by Gasteiger charge is -2.14. The number of esters is 1. The first-order valence-electron chi connectivity index (χ1n) is 11.2. The van der Waals surface area contributed by atoms with Crippen molar-refractivity contribution in [3.63, 3.8) is 0 Å². The van der Waals surface area contributed by atoms with Gasteiger partial charge in [-0.2, -0.15) is 0 Å². The minimum atomic E-state index is -0.402. The number of thioether (sulfide) groups is 1. The minimum Gasteiger partial charge on any atom is -0.496 e. The topological polar surface area (TPSA) is 103 Å². The van der Waals surface area contributed by atoms with Crippen LogP contribution in [0.3, 0.4) is 0 Å². The fourth-order valence-electron chi connectivity index (χ4n) is 3.29. The molecule has 0 saturated heterocycles. The molecule has 0 aliphatic rings. The zero-order valence-corrected chi connectivity index (χ0v) is 21.3. The molecule has 0 aromatic heterocycles. The number of rotatable bonds is 10. The predicted molar refractivity (Wildman–Crippen MR) is 140 cm³/mol. The highest BCUT2D eigenvalue weighted by Crippen LogP contribution is 2.30. The smallest absolute Gasteiger partial charge is 0.338 e. The van der Waals surface area contributed by atoms with Crippen LogP contribution in [0.15, 0.2) is 71.6 Å². The maximum atomic E-state index is 12.8. The van der Waals surface area contributed by atoms with Crippen molar-refractivity contribution in [3.05, 3.63) is 77.9 Å². The molecule has 0 bridgehead atoms. The SMILES string of the molecule is CCOC(=O)c1ccc(NC(=O)C(C)Sc2ccc(NC(=O)c3c(OC)cccc3OC)cc2)cc1. The molecule has 0 saturated carbocycles. The highest BCUT2D eigenvalue weighted by Gasteiger charge is 2.19. The van der Waals surface area contributed by atoms with E-state index < -0.39 is 5.97 Å². The van der Waals surface area contributed by atoms with Crippen LogP contribution < -0.4 is 20.1 Å². The van der Waals surface area contributed by atoms with Crippen molar-refractivity contribution in [2.24, 2.45) is 0 Å². The van der Waals surface area contributed by atoms with Gasteiger partial charge in [0.2, 0.25) is 5.91 Å². The molecule has 9 heteroatoms. The normalized spacial score (nSPS) is 11.2. The number of hydrogen-bond donors (Lipinski definition) is 2. The monoisotopic (exact) mass is 508 g/mol. The van der Waals surface area contributed by atoms with Gasteiger partial charge in [-0.05, 0) is 74.5 Å². The van der Waals surface area contributed by atoms with Gasteiger partial charge < -0.3 is 24.8 Å². The zero-order chi connectivity index (χ0) is 26.1. The van der Waals surface area contributed by atoms with Gasteiger partial charge in [0.25, 0.3) is 5.91 Å². The number of amides is 2. The number of nitrogens with one attached hydrogen (secondary N) is 2. The number of carbonyl (C=O) groups excluding carboxylic acids is 3. The number of methoxy groups -OCH3 is 2. The first-order chi connectivity index (χ1) is 17.4. The van der Waals surface area contributed by atoms with E-state index in [2.05, 4.69) is 10.6 Å². The first kappa shape index (κ1) is 26.6. The average Bonchev–Trinajstić information content (AvgIpc) is 2.89. The van der Waals surface area contributed by atoms with Gasteiger partial charge in [-0.1, -0.05) is 6.07 Å². The van der Waals surface area contributed by atoms with Crippen LogP contribution in [-0.4, -0.2) is 43.9 Å². The molecule has 0 aliphatic heterocycles. The highest BCUT2D eigenvalue weighted by molar-refractivity contribution is 8.00. The van der Waals surface area contributed by atoms with Crippen molar-refractivity contribution in [1.82, 2.24) is 0 Å². The van der Waals surface area contributed by atoms with Crippen molar-refractivity contribution < 1.29 is 28.6 Å². The Kier molecular flexibility index (Phi) is 9.35. The lowest BCUT2D eigenvalue weighted by atomic mass is 10.1. The molecule has 0 fully saturated rings. The van der Waals surface area contributed by atoms with Crippen molar-refractivity contribution in [2.45, 2.75) is 24.0 Å². The van der Waals surface area contributed by atoms with Gasteiger partial charge >= 0.3 is 5.97 Å². The Morgan fingerprint density at radius 2 is 1.39 bits per heavy atom. The molecular formula is C27H28N2O6S. The Labute approximate surface area is 214 Å². The summed E-state index contributed by atoms with van der Waals surface area (Å²) < 4.78 is 15.6. The molecule has 8 nitrogen and oxygen atoms in total. The third-order valence-electron chi connectivity index (χ3n) is 5.11. The summed E-state index contributed by atoms with van der Waals surface area (Å²) in [5.74, 6) is -0.110. The van der Waals surface area contributed by atoms with Crippen molar-refractivity contribution in [1.29, 1.82) is 0 Å². The Balaban J connectivity index is 1.58.